The van der Waals surface area contributed by atoms with E-state index in [1.54, 1.807) is 19.2 Å². The number of piperidine rings is 1. The van der Waals surface area contributed by atoms with Gasteiger partial charge in [0.15, 0.2) is 0 Å². The van der Waals surface area contributed by atoms with Crippen molar-refractivity contribution in [1.29, 1.82) is 0 Å². The maximum atomic E-state index is 12.8. The van der Waals surface area contributed by atoms with Gasteiger partial charge in [-0.15, -0.1) is 0 Å². The predicted octanol–water partition coefficient (Wildman–Crippen LogP) is 2.64. The molecule has 0 N–H and O–H groups in total. The Bertz CT molecular complexity index is 425. The molecule has 0 aromatic heterocycles. The SMILES string of the molecule is COCCC1CCN(C(=O)Cc2ccc(F)cc2)CC1. The van der Waals surface area contributed by atoms with Gasteiger partial charge in [-0.25, -0.2) is 4.39 Å². The average molecular weight is 279 g/mol. The number of rotatable bonds is 5. The minimum Gasteiger partial charge on any atom is -0.385 e. The molecule has 2 rings (SSSR count). The van der Waals surface area contributed by atoms with Gasteiger partial charge in [0.1, 0.15) is 5.82 Å². The normalized spacial score (nSPS) is 16.4. The van der Waals surface area contributed by atoms with E-state index in [-0.39, 0.29) is 11.7 Å². The summed E-state index contributed by atoms with van der Waals surface area (Å²) in [4.78, 5) is 14.1. The number of benzene rings is 1. The summed E-state index contributed by atoms with van der Waals surface area (Å²) in [6.45, 7) is 2.46. The Hall–Kier alpha value is -1.42. The lowest BCUT2D eigenvalue weighted by molar-refractivity contribution is -0.131. The van der Waals surface area contributed by atoms with Crippen LogP contribution in [0.15, 0.2) is 24.3 Å². The van der Waals surface area contributed by atoms with Crippen molar-refractivity contribution in [2.75, 3.05) is 26.8 Å². The summed E-state index contributed by atoms with van der Waals surface area (Å²) in [6.07, 6.45) is 3.55. The number of halogens is 1. The number of nitrogens with zero attached hydrogens (tertiary/aromatic N) is 1. The first-order chi connectivity index (χ1) is 9.69. The second-order valence-corrected chi connectivity index (χ2v) is 5.41. The van der Waals surface area contributed by atoms with E-state index < -0.39 is 0 Å². The van der Waals surface area contributed by atoms with Gasteiger partial charge < -0.3 is 9.64 Å². The minimum atomic E-state index is -0.264. The molecule has 0 aliphatic carbocycles. The van der Waals surface area contributed by atoms with Crippen LogP contribution in [-0.2, 0) is 16.0 Å². The van der Waals surface area contributed by atoms with E-state index in [0.717, 1.165) is 44.5 Å². The van der Waals surface area contributed by atoms with Crippen LogP contribution in [-0.4, -0.2) is 37.6 Å². The molecule has 0 saturated carbocycles. The molecule has 1 saturated heterocycles. The van der Waals surface area contributed by atoms with Crippen LogP contribution in [0.3, 0.4) is 0 Å². The molecule has 1 heterocycles. The third-order valence-corrected chi connectivity index (χ3v) is 3.97. The van der Waals surface area contributed by atoms with Crippen LogP contribution < -0.4 is 0 Å². The molecule has 1 aliphatic heterocycles. The predicted molar refractivity (Wildman–Crippen MR) is 75.9 cm³/mol. The lowest BCUT2D eigenvalue weighted by Gasteiger charge is -2.32. The van der Waals surface area contributed by atoms with E-state index in [0.29, 0.717) is 12.3 Å². The Morgan fingerprint density at radius 3 is 2.55 bits per heavy atom. The van der Waals surface area contributed by atoms with Crippen molar-refractivity contribution in [3.8, 4) is 0 Å². The molecule has 0 atom stereocenters. The van der Waals surface area contributed by atoms with E-state index in [1.165, 1.54) is 12.1 Å². The molecular weight excluding hydrogens is 257 g/mol. The number of carbonyl (C=O) groups is 1. The van der Waals surface area contributed by atoms with Crippen molar-refractivity contribution in [2.24, 2.45) is 5.92 Å². The van der Waals surface area contributed by atoms with Crippen LogP contribution >= 0.6 is 0 Å². The highest BCUT2D eigenvalue weighted by atomic mass is 19.1. The highest BCUT2D eigenvalue weighted by molar-refractivity contribution is 5.78. The van der Waals surface area contributed by atoms with Gasteiger partial charge in [0.25, 0.3) is 0 Å². The number of methoxy groups -OCH3 is 1. The first kappa shape index (κ1) is 15.0. The minimum absolute atomic E-state index is 0.141. The molecule has 4 heteroatoms. The maximum Gasteiger partial charge on any atom is 0.226 e. The van der Waals surface area contributed by atoms with Gasteiger partial charge in [-0.05, 0) is 42.9 Å². The van der Waals surface area contributed by atoms with Crippen molar-refractivity contribution in [3.63, 3.8) is 0 Å². The largest absolute Gasteiger partial charge is 0.385 e. The van der Waals surface area contributed by atoms with Crippen molar-refractivity contribution in [3.05, 3.63) is 35.6 Å². The van der Waals surface area contributed by atoms with E-state index >= 15 is 0 Å². The summed E-state index contributed by atoms with van der Waals surface area (Å²) in [5.74, 6) is 0.548. The fourth-order valence-corrected chi connectivity index (χ4v) is 2.64. The Morgan fingerprint density at radius 1 is 1.30 bits per heavy atom. The zero-order valence-corrected chi connectivity index (χ0v) is 12.0. The number of amides is 1. The number of hydrogen-bond donors (Lipinski definition) is 0. The zero-order chi connectivity index (χ0) is 14.4. The van der Waals surface area contributed by atoms with E-state index in [2.05, 4.69) is 0 Å². The van der Waals surface area contributed by atoms with Crippen LogP contribution in [0.25, 0.3) is 0 Å². The second-order valence-electron chi connectivity index (χ2n) is 5.41. The Balaban J connectivity index is 1.78. The summed E-state index contributed by atoms with van der Waals surface area (Å²) in [5.41, 5.74) is 0.873. The third-order valence-electron chi connectivity index (χ3n) is 3.97. The number of likely N-dealkylation sites (tertiary alicyclic amines) is 1. The molecule has 20 heavy (non-hydrogen) atoms. The quantitative estimate of drug-likeness (QED) is 0.829. The molecule has 1 aromatic carbocycles. The summed E-state index contributed by atoms with van der Waals surface area (Å²) < 4.78 is 17.9. The van der Waals surface area contributed by atoms with Gasteiger partial charge in [0, 0.05) is 26.8 Å². The smallest absolute Gasteiger partial charge is 0.226 e. The first-order valence-corrected chi connectivity index (χ1v) is 7.20. The maximum absolute atomic E-state index is 12.8. The number of hydrogen-bond acceptors (Lipinski definition) is 2. The van der Waals surface area contributed by atoms with Crippen molar-refractivity contribution >= 4 is 5.91 Å². The zero-order valence-electron chi connectivity index (χ0n) is 12.0. The Labute approximate surface area is 119 Å². The topological polar surface area (TPSA) is 29.5 Å². The molecule has 1 aromatic rings. The third kappa shape index (κ3) is 4.30. The van der Waals surface area contributed by atoms with Crippen LogP contribution in [0.5, 0.6) is 0 Å². The number of ether oxygens (including phenoxy) is 1. The van der Waals surface area contributed by atoms with Crippen molar-refractivity contribution < 1.29 is 13.9 Å². The Morgan fingerprint density at radius 2 is 1.95 bits per heavy atom. The van der Waals surface area contributed by atoms with Gasteiger partial charge in [-0.1, -0.05) is 12.1 Å². The molecule has 1 amide bonds. The summed E-state index contributed by atoms with van der Waals surface area (Å²) in [5, 5.41) is 0. The monoisotopic (exact) mass is 279 g/mol. The van der Waals surface area contributed by atoms with Crippen LogP contribution in [0, 0.1) is 11.7 Å². The highest BCUT2D eigenvalue weighted by Gasteiger charge is 2.22. The van der Waals surface area contributed by atoms with Crippen molar-refractivity contribution in [1.82, 2.24) is 4.90 Å². The lowest BCUT2D eigenvalue weighted by Crippen LogP contribution is -2.39. The van der Waals surface area contributed by atoms with Gasteiger partial charge in [-0.3, -0.25) is 4.79 Å². The number of carbonyl (C=O) groups excluding carboxylic acids is 1. The first-order valence-electron chi connectivity index (χ1n) is 7.20. The average Bonchev–Trinajstić information content (AvgIpc) is 2.48. The van der Waals surface area contributed by atoms with Crippen LogP contribution in [0.1, 0.15) is 24.8 Å². The van der Waals surface area contributed by atoms with E-state index in [9.17, 15) is 9.18 Å². The molecule has 1 aliphatic rings. The molecule has 1 fully saturated rings. The van der Waals surface area contributed by atoms with Crippen LogP contribution in [0.2, 0.25) is 0 Å². The van der Waals surface area contributed by atoms with E-state index in [1.807, 2.05) is 4.90 Å². The van der Waals surface area contributed by atoms with Crippen molar-refractivity contribution in [2.45, 2.75) is 25.7 Å². The molecule has 3 nitrogen and oxygen atoms in total. The fraction of sp³-hybridized carbons (Fsp3) is 0.562. The van der Waals surface area contributed by atoms with Gasteiger partial charge >= 0.3 is 0 Å². The lowest BCUT2D eigenvalue weighted by atomic mass is 9.93. The van der Waals surface area contributed by atoms with Gasteiger partial charge in [-0.2, -0.15) is 0 Å². The fourth-order valence-electron chi connectivity index (χ4n) is 2.64. The molecular formula is C16H22FNO2. The molecule has 0 unspecified atom stereocenters. The highest BCUT2D eigenvalue weighted by Crippen LogP contribution is 2.21. The second kappa shape index (κ2) is 7.39. The Kier molecular flexibility index (Phi) is 5.53. The molecule has 110 valence electrons. The summed E-state index contributed by atoms with van der Waals surface area (Å²) >= 11 is 0. The summed E-state index contributed by atoms with van der Waals surface area (Å²) in [6, 6.07) is 6.16. The van der Waals surface area contributed by atoms with Crippen LogP contribution in [0.4, 0.5) is 4.39 Å². The van der Waals surface area contributed by atoms with Gasteiger partial charge in [0.2, 0.25) is 5.91 Å². The molecule has 0 spiro atoms. The molecule has 0 bridgehead atoms. The van der Waals surface area contributed by atoms with E-state index in [4.69, 9.17) is 4.74 Å². The standard InChI is InChI=1S/C16H22FNO2/c1-20-11-8-13-6-9-18(10-7-13)16(19)12-14-2-4-15(17)5-3-14/h2-5,13H,6-12H2,1H3. The molecule has 0 radical (unpaired) electrons. The van der Waals surface area contributed by atoms with Gasteiger partial charge in [0.05, 0.1) is 6.42 Å². The summed E-state index contributed by atoms with van der Waals surface area (Å²) in [7, 11) is 1.72.